The number of rotatable bonds is 5. The molecule has 0 aromatic heterocycles. The largest absolute Gasteiger partial charge is 0.494 e. The van der Waals surface area contributed by atoms with Crippen molar-refractivity contribution in [1.82, 2.24) is 0 Å². The predicted molar refractivity (Wildman–Crippen MR) is 82.2 cm³/mol. The van der Waals surface area contributed by atoms with Gasteiger partial charge >= 0.3 is 0 Å². The molecule has 1 fully saturated rings. The summed E-state index contributed by atoms with van der Waals surface area (Å²) in [6.45, 7) is 7.31. The second kappa shape index (κ2) is 6.92. The fourth-order valence-corrected chi connectivity index (χ4v) is 3.36. The van der Waals surface area contributed by atoms with Crippen LogP contribution in [0.2, 0.25) is 0 Å². The Bertz CT molecular complexity index is 442. The molecule has 1 aliphatic rings. The number of benzene rings is 1. The van der Waals surface area contributed by atoms with E-state index in [-0.39, 0.29) is 5.92 Å². The highest BCUT2D eigenvalue weighted by Crippen LogP contribution is 2.35. The van der Waals surface area contributed by atoms with Gasteiger partial charge in [-0.2, -0.15) is 0 Å². The summed E-state index contributed by atoms with van der Waals surface area (Å²) < 4.78 is 5.62. The first-order valence-corrected chi connectivity index (χ1v) is 7.87. The van der Waals surface area contributed by atoms with Gasteiger partial charge in [0.2, 0.25) is 0 Å². The summed E-state index contributed by atoms with van der Waals surface area (Å²) >= 11 is 0. The maximum Gasteiger partial charge on any atom is 0.166 e. The Morgan fingerprint density at radius 2 is 1.90 bits per heavy atom. The van der Waals surface area contributed by atoms with Gasteiger partial charge in [-0.05, 0) is 49.7 Å². The molecule has 2 heteroatoms. The zero-order valence-corrected chi connectivity index (χ0v) is 12.9. The predicted octanol–water partition coefficient (Wildman–Crippen LogP) is 4.73. The van der Waals surface area contributed by atoms with Crippen molar-refractivity contribution in [3.05, 3.63) is 29.8 Å². The van der Waals surface area contributed by atoms with E-state index >= 15 is 0 Å². The normalized spacial score (nSPS) is 26.2. The topological polar surface area (TPSA) is 26.3 Å². The van der Waals surface area contributed by atoms with E-state index in [1.165, 1.54) is 6.42 Å². The molecule has 2 rings (SSSR count). The van der Waals surface area contributed by atoms with Gasteiger partial charge in [0, 0.05) is 11.5 Å². The monoisotopic (exact) mass is 274 g/mol. The van der Waals surface area contributed by atoms with Gasteiger partial charge in [0.05, 0.1) is 6.61 Å². The number of ether oxygens (including phenoxy) is 1. The molecule has 0 N–H and O–H groups in total. The van der Waals surface area contributed by atoms with Crippen LogP contribution in [-0.4, -0.2) is 12.4 Å². The molecule has 0 aliphatic heterocycles. The van der Waals surface area contributed by atoms with Crippen molar-refractivity contribution in [2.75, 3.05) is 6.61 Å². The SMILES string of the molecule is CCCOc1cccc(C(=O)C2CC(C)CC(C)C2)c1. The lowest BCUT2D eigenvalue weighted by Gasteiger charge is -2.30. The van der Waals surface area contributed by atoms with Crippen LogP contribution >= 0.6 is 0 Å². The number of carbonyl (C=O) groups is 1. The molecule has 2 atom stereocenters. The molecule has 2 nitrogen and oxygen atoms in total. The van der Waals surface area contributed by atoms with Crippen LogP contribution in [0.3, 0.4) is 0 Å². The maximum absolute atomic E-state index is 12.7. The Morgan fingerprint density at radius 3 is 2.55 bits per heavy atom. The Hall–Kier alpha value is -1.31. The average Bonchev–Trinajstić information content (AvgIpc) is 2.43. The van der Waals surface area contributed by atoms with Gasteiger partial charge in [0.15, 0.2) is 5.78 Å². The zero-order chi connectivity index (χ0) is 14.5. The van der Waals surface area contributed by atoms with E-state index in [0.29, 0.717) is 24.2 Å². The molecule has 2 unspecified atom stereocenters. The van der Waals surface area contributed by atoms with E-state index in [2.05, 4.69) is 20.8 Å². The zero-order valence-electron chi connectivity index (χ0n) is 12.9. The van der Waals surface area contributed by atoms with Gasteiger partial charge in [-0.15, -0.1) is 0 Å². The van der Waals surface area contributed by atoms with Crippen molar-refractivity contribution in [2.45, 2.75) is 46.5 Å². The first-order chi connectivity index (χ1) is 9.60. The van der Waals surface area contributed by atoms with Gasteiger partial charge < -0.3 is 4.74 Å². The quantitative estimate of drug-likeness (QED) is 0.725. The lowest BCUT2D eigenvalue weighted by atomic mass is 9.74. The lowest BCUT2D eigenvalue weighted by Crippen LogP contribution is -2.26. The number of hydrogen-bond donors (Lipinski definition) is 0. The minimum atomic E-state index is 0.190. The van der Waals surface area contributed by atoms with E-state index in [1.807, 2.05) is 24.3 Å². The molecule has 0 amide bonds. The number of ketones is 1. The fourth-order valence-electron chi connectivity index (χ4n) is 3.36. The Kier molecular flexibility index (Phi) is 5.22. The van der Waals surface area contributed by atoms with Gasteiger partial charge in [0.1, 0.15) is 5.75 Å². The molecule has 0 bridgehead atoms. The van der Waals surface area contributed by atoms with Crippen molar-refractivity contribution >= 4 is 5.78 Å². The third kappa shape index (κ3) is 3.84. The Morgan fingerprint density at radius 1 is 1.20 bits per heavy atom. The second-order valence-corrected chi connectivity index (χ2v) is 6.35. The summed E-state index contributed by atoms with van der Waals surface area (Å²) in [5.74, 6) is 2.62. The van der Waals surface area contributed by atoms with Crippen LogP contribution in [0.4, 0.5) is 0 Å². The highest BCUT2D eigenvalue weighted by molar-refractivity contribution is 5.98. The molecule has 1 aliphatic carbocycles. The summed E-state index contributed by atoms with van der Waals surface area (Å²) in [4.78, 5) is 12.7. The van der Waals surface area contributed by atoms with Crippen molar-refractivity contribution in [3.8, 4) is 5.75 Å². The smallest absolute Gasteiger partial charge is 0.166 e. The first-order valence-electron chi connectivity index (χ1n) is 7.87. The van der Waals surface area contributed by atoms with Crippen LogP contribution in [0.5, 0.6) is 5.75 Å². The summed E-state index contributed by atoms with van der Waals surface area (Å²) in [6.07, 6.45) is 4.30. The van der Waals surface area contributed by atoms with Crippen LogP contribution in [-0.2, 0) is 0 Å². The third-order valence-electron chi connectivity index (χ3n) is 4.14. The van der Waals surface area contributed by atoms with Crippen molar-refractivity contribution in [2.24, 2.45) is 17.8 Å². The van der Waals surface area contributed by atoms with E-state index in [9.17, 15) is 4.79 Å². The van der Waals surface area contributed by atoms with Gasteiger partial charge in [-0.25, -0.2) is 0 Å². The summed E-state index contributed by atoms with van der Waals surface area (Å²) in [5.41, 5.74) is 0.810. The standard InChI is InChI=1S/C18H26O2/c1-4-8-20-17-7-5-6-15(12-17)18(19)16-10-13(2)9-14(3)11-16/h5-7,12-14,16H,4,8-11H2,1-3H3. The van der Waals surface area contributed by atoms with E-state index in [1.54, 1.807) is 0 Å². The van der Waals surface area contributed by atoms with Gasteiger partial charge in [-0.1, -0.05) is 32.9 Å². The summed E-state index contributed by atoms with van der Waals surface area (Å²) in [7, 11) is 0. The molecule has 0 saturated heterocycles. The number of hydrogen-bond acceptors (Lipinski definition) is 2. The minimum Gasteiger partial charge on any atom is -0.494 e. The van der Waals surface area contributed by atoms with Crippen molar-refractivity contribution in [3.63, 3.8) is 0 Å². The lowest BCUT2D eigenvalue weighted by molar-refractivity contribution is 0.0835. The summed E-state index contributed by atoms with van der Waals surface area (Å²) in [5, 5.41) is 0. The molecule has 1 aromatic rings. The van der Waals surface area contributed by atoms with Crippen LogP contribution in [0.1, 0.15) is 56.8 Å². The molecular formula is C18H26O2. The second-order valence-electron chi connectivity index (χ2n) is 6.35. The molecule has 1 saturated carbocycles. The highest BCUT2D eigenvalue weighted by atomic mass is 16.5. The fraction of sp³-hybridized carbons (Fsp3) is 0.611. The van der Waals surface area contributed by atoms with E-state index in [4.69, 9.17) is 4.74 Å². The van der Waals surface area contributed by atoms with Crippen LogP contribution in [0.25, 0.3) is 0 Å². The first kappa shape index (κ1) is 15.1. The highest BCUT2D eigenvalue weighted by Gasteiger charge is 2.29. The van der Waals surface area contributed by atoms with Gasteiger partial charge in [-0.3, -0.25) is 4.79 Å². The van der Waals surface area contributed by atoms with E-state index in [0.717, 1.165) is 30.6 Å². The molecule has 20 heavy (non-hydrogen) atoms. The third-order valence-corrected chi connectivity index (χ3v) is 4.14. The van der Waals surface area contributed by atoms with Crippen molar-refractivity contribution in [1.29, 1.82) is 0 Å². The molecule has 0 radical (unpaired) electrons. The van der Waals surface area contributed by atoms with Crippen molar-refractivity contribution < 1.29 is 9.53 Å². The molecule has 110 valence electrons. The van der Waals surface area contributed by atoms with Crippen LogP contribution in [0, 0.1) is 17.8 Å². The van der Waals surface area contributed by atoms with Gasteiger partial charge in [0.25, 0.3) is 0 Å². The van der Waals surface area contributed by atoms with E-state index < -0.39 is 0 Å². The summed E-state index contributed by atoms with van der Waals surface area (Å²) in [6, 6.07) is 7.68. The molecule has 1 aromatic carbocycles. The van der Waals surface area contributed by atoms with Crippen LogP contribution < -0.4 is 4.74 Å². The number of carbonyl (C=O) groups excluding carboxylic acids is 1. The number of Topliss-reactive ketones (excluding diaryl/α,β-unsaturated/α-hetero) is 1. The average molecular weight is 274 g/mol. The Labute approximate surface area is 122 Å². The van der Waals surface area contributed by atoms with Crippen LogP contribution in [0.15, 0.2) is 24.3 Å². The minimum absolute atomic E-state index is 0.190. The molecular weight excluding hydrogens is 248 g/mol. The molecule has 0 spiro atoms. The molecule has 0 heterocycles. The maximum atomic E-state index is 12.7. The Balaban J connectivity index is 2.08.